The molecule has 0 saturated heterocycles. The quantitative estimate of drug-likeness (QED) is 0.843. The fraction of sp³-hybridized carbons (Fsp3) is 0.462. The van der Waals surface area contributed by atoms with Crippen LogP contribution in [0.4, 0.5) is 0 Å². The summed E-state index contributed by atoms with van der Waals surface area (Å²) >= 11 is 0. The van der Waals surface area contributed by atoms with Gasteiger partial charge in [-0.25, -0.2) is 0 Å². The zero-order valence-corrected chi connectivity index (χ0v) is 9.65. The van der Waals surface area contributed by atoms with Gasteiger partial charge in [0.05, 0.1) is 0 Å². The molecule has 0 aromatic heterocycles. The van der Waals surface area contributed by atoms with Crippen molar-refractivity contribution in [2.75, 3.05) is 6.61 Å². The van der Waals surface area contributed by atoms with Gasteiger partial charge in [0.25, 0.3) is 0 Å². The van der Waals surface area contributed by atoms with Crippen molar-refractivity contribution in [1.29, 1.82) is 0 Å². The third-order valence-corrected chi connectivity index (χ3v) is 2.69. The molecule has 0 saturated carbocycles. The summed E-state index contributed by atoms with van der Waals surface area (Å²) in [5, 5.41) is 0. The van der Waals surface area contributed by atoms with Crippen molar-refractivity contribution in [3.05, 3.63) is 35.9 Å². The van der Waals surface area contributed by atoms with E-state index in [0.29, 0.717) is 6.61 Å². The zero-order valence-electron chi connectivity index (χ0n) is 9.65. The molecule has 16 heavy (non-hydrogen) atoms. The second-order valence-electron chi connectivity index (χ2n) is 4.02. The van der Waals surface area contributed by atoms with Gasteiger partial charge in [-0.3, -0.25) is 15.3 Å². The molecule has 0 bridgehead atoms. The fourth-order valence-corrected chi connectivity index (χ4v) is 1.76. The molecule has 0 fully saturated rings. The van der Waals surface area contributed by atoms with Crippen LogP contribution in [0.5, 0.6) is 0 Å². The van der Waals surface area contributed by atoms with Crippen molar-refractivity contribution >= 4 is 5.84 Å². The van der Waals surface area contributed by atoms with Gasteiger partial charge >= 0.3 is 0 Å². The van der Waals surface area contributed by atoms with E-state index in [9.17, 15) is 0 Å². The van der Waals surface area contributed by atoms with Gasteiger partial charge in [-0.2, -0.15) is 0 Å². The van der Waals surface area contributed by atoms with Gasteiger partial charge in [0, 0.05) is 6.42 Å². The number of benzene rings is 1. The predicted molar refractivity (Wildman–Crippen MR) is 65.2 cm³/mol. The van der Waals surface area contributed by atoms with Crippen molar-refractivity contribution in [3.63, 3.8) is 0 Å². The second-order valence-corrected chi connectivity index (χ2v) is 4.02. The number of amidine groups is 1. The molecule has 3 nitrogen and oxygen atoms in total. The minimum absolute atomic E-state index is 0.148. The Labute approximate surface area is 96.5 Å². The normalized spacial score (nSPS) is 20.1. The lowest BCUT2D eigenvalue weighted by molar-refractivity contribution is 0.0599. The number of hydrogen-bond donors (Lipinski definition) is 1. The molecule has 3 heteroatoms. The first kappa shape index (κ1) is 11.1. The number of rotatable bonds is 4. The van der Waals surface area contributed by atoms with Gasteiger partial charge in [-0.1, -0.05) is 43.7 Å². The first-order chi connectivity index (χ1) is 7.90. The monoisotopic (exact) mass is 218 g/mol. The van der Waals surface area contributed by atoms with Crippen molar-refractivity contribution in [3.8, 4) is 0 Å². The summed E-state index contributed by atoms with van der Waals surface area (Å²) in [4.78, 5) is 10.0. The highest BCUT2D eigenvalue weighted by Crippen LogP contribution is 2.20. The lowest BCUT2D eigenvalue weighted by atomic mass is 10.1. The molecule has 0 aliphatic carbocycles. The van der Waals surface area contributed by atoms with Gasteiger partial charge in [-0.15, -0.1) is 0 Å². The molecule has 1 aliphatic heterocycles. The van der Waals surface area contributed by atoms with Crippen LogP contribution in [0.15, 0.2) is 35.3 Å². The molecule has 2 rings (SSSR count). The van der Waals surface area contributed by atoms with Gasteiger partial charge in [0.15, 0.2) is 0 Å². The van der Waals surface area contributed by atoms with E-state index in [4.69, 9.17) is 4.84 Å². The van der Waals surface area contributed by atoms with Gasteiger partial charge < -0.3 is 0 Å². The molecule has 1 atom stereocenters. The molecule has 0 radical (unpaired) electrons. The number of aliphatic imine (C=N–C) groups is 1. The average Bonchev–Trinajstić information content (AvgIpc) is 2.38. The van der Waals surface area contributed by atoms with Crippen molar-refractivity contribution < 1.29 is 4.84 Å². The first-order valence-electron chi connectivity index (χ1n) is 5.89. The Kier molecular flexibility index (Phi) is 3.94. The average molecular weight is 218 g/mol. The summed E-state index contributed by atoms with van der Waals surface area (Å²) in [6, 6.07) is 10.4. The summed E-state index contributed by atoms with van der Waals surface area (Å²) in [6.07, 6.45) is 3.30. The van der Waals surface area contributed by atoms with Crippen LogP contribution in [0, 0.1) is 0 Å². The molecule has 1 aromatic carbocycles. The van der Waals surface area contributed by atoms with E-state index >= 15 is 0 Å². The maximum atomic E-state index is 5.37. The molecule has 1 aromatic rings. The lowest BCUT2D eigenvalue weighted by Crippen LogP contribution is -2.31. The Bertz CT molecular complexity index is 348. The highest BCUT2D eigenvalue weighted by atomic mass is 16.6. The predicted octanol–water partition coefficient (Wildman–Crippen LogP) is 2.85. The molecule has 1 aliphatic rings. The molecular formula is C13H18N2O. The zero-order chi connectivity index (χ0) is 11.2. The molecule has 1 unspecified atom stereocenters. The van der Waals surface area contributed by atoms with Crippen LogP contribution in [0.3, 0.4) is 0 Å². The number of nitrogens with one attached hydrogen (secondary N) is 1. The smallest absolute Gasteiger partial charge is 0.121 e. The fourth-order valence-electron chi connectivity index (χ4n) is 1.76. The summed E-state index contributed by atoms with van der Waals surface area (Å²) in [5.74, 6) is 0.974. The van der Waals surface area contributed by atoms with Crippen molar-refractivity contribution in [2.24, 2.45) is 4.99 Å². The first-order valence-corrected chi connectivity index (χ1v) is 5.89. The third kappa shape index (κ3) is 2.83. The van der Waals surface area contributed by atoms with Gasteiger partial charge in [0.1, 0.15) is 18.5 Å². The van der Waals surface area contributed by atoms with Crippen LogP contribution < -0.4 is 5.48 Å². The minimum Gasteiger partial charge on any atom is -0.272 e. The Balaban J connectivity index is 2.05. The Morgan fingerprint density at radius 2 is 2.19 bits per heavy atom. The highest BCUT2D eigenvalue weighted by molar-refractivity contribution is 5.81. The summed E-state index contributed by atoms with van der Waals surface area (Å²) < 4.78 is 0. The van der Waals surface area contributed by atoms with E-state index in [2.05, 4.69) is 29.5 Å². The van der Waals surface area contributed by atoms with Gasteiger partial charge in [-0.05, 0) is 12.0 Å². The van der Waals surface area contributed by atoms with Gasteiger partial charge in [0.2, 0.25) is 0 Å². The maximum Gasteiger partial charge on any atom is 0.121 e. The highest BCUT2D eigenvalue weighted by Gasteiger charge is 2.16. The third-order valence-electron chi connectivity index (χ3n) is 2.69. The Morgan fingerprint density at radius 3 is 2.94 bits per heavy atom. The number of hydroxylamine groups is 1. The van der Waals surface area contributed by atoms with Crippen LogP contribution in [0.1, 0.15) is 37.8 Å². The van der Waals surface area contributed by atoms with E-state index in [1.54, 1.807) is 0 Å². The lowest BCUT2D eigenvalue weighted by Gasteiger charge is -2.22. The van der Waals surface area contributed by atoms with E-state index in [0.717, 1.165) is 18.7 Å². The SMILES string of the molecule is CCCCC1=NC(c2ccccc2)CON1. The Morgan fingerprint density at radius 1 is 1.38 bits per heavy atom. The molecule has 0 amide bonds. The maximum absolute atomic E-state index is 5.37. The number of nitrogens with zero attached hydrogens (tertiary/aromatic N) is 1. The van der Waals surface area contributed by atoms with E-state index in [1.807, 2.05) is 18.2 Å². The van der Waals surface area contributed by atoms with Crippen LogP contribution in [0.2, 0.25) is 0 Å². The van der Waals surface area contributed by atoms with Crippen LogP contribution in [0.25, 0.3) is 0 Å². The summed E-state index contributed by atoms with van der Waals surface area (Å²) in [7, 11) is 0. The summed E-state index contributed by atoms with van der Waals surface area (Å²) in [5.41, 5.74) is 4.12. The molecule has 0 spiro atoms. The van der Waals surface area contributed by atoms with Crippen LogP contribution in [-0.4, -0.2) is 12.4 Å². The molecule has 1 N–H and O–H groups in total. The van der Waals surface area contributed by atoms with Crippen LogP contribution >= 0.6 is 0 Å². The summed E-state index contributed by atoms with van der Waals surface area (Å²) in [6.45, 7) is 2.79. The minimum atomic E-state index is 0.148. The largest absolute Gasteiger partial charge is 0.272 e. The number of unbranched alkanes of at least 4 members (excludes halogenated alkanes) is 1. The van der Waals surface area contributed by atoms with E-state index in [-0.39, 0.29) is 6.04 Å². The molecule has 1 heterocycles. The second kappa shape index (κ2) is 5.66. The van der Waals surface area contributed by atoms with Crippen LogP contribution in [-0.2, 0) is 4.84 Å². The Hall–Kier alpha value is -1.35. The van der Waals surface area contributed by atoms with Crippen molar-refractivity contribution in [1.82, 2.24) is 5.48 Å². The van der Waals surface area contributed by atoms with E-state index < -0.39 is 0 Å². The molecular weight excluding hydrogens is 200 g/mol. The topological polar surface area (TPSA) is 33.6 Å². The van der Waals surface area contributed by atoms with Crippen molar-refractivity contribution in [2.45, 2.75) is 32.2 Å². The van der Waals surface area contributed by atoms with E-state index in [1.165, 1.54) is 12.0 Å². The standard InChI is InChI=1S/C13H18N2O/c1-2-3-9-13-14-12(10-16-15-13)11-7-5-4-6-8-11/h4-8,12H,2-3,9-10H2,1H3,(H,14,15). The molecule has 86 valence electrons. The number of hydrogen-bond acceptors (Lipinski definition) is 3.